The predicted octanol–water partition coefficient (Wildman–Crippen LogP) is 3.08. The van der Waals surface area contributed by atoms with Crippen molar-refractivity contribution in [2.24, 2.45) is 0 Å². The first-order valence-electron chi connectivity index (χ1n) is 5.51. The van der Waals surface area contributed by atoms with Gasteiger partial charge in [-0.3, -0.25) is 4.42 Å². The lowest BCUT2D eigenvalue weighted by Crippen LogP contribution is -2.29. The van der Waals surface area contributed by atoms with Crippen molar-refractivity contribution in [1.29, 1.82) is 0 Å². The molecule has 0 N–H and O–H groups in total. The SMILES string of the molecule is Cc1cc(N(Cl)C2CCCCC2)ncn1. The predicted molar refractivity (Wildman–Crippen MR) is 62.0 cm³/mol. The molecule has 0 amide bonds. The van der Waals surface area contributed by atoms with Crippen molar-refractivity contribution in [2.75, 3.05) is 4.42 Å². The summed E-state index contributed by atoms with van der Waals surface area (Å²) in [6, 6.07) is 2.37. The van der Waals surface area contributed by atoms with E-state index in [1.807, 2.05) is 13.0 Å². The Morgan fingerprint density at radius 3 is 2.67 bits per heavy atom. The van der Waals surface area contributed by atoms with Crippen LogP contribution in [0.1, 0.15) is 37.8 Å². The Labute approximate surface area is 95.6 Å². The fourth-order valence-corrected chi connectivity index (χ4v) is 2.34. The van der Waals surface area contributed by atoms with Gasteiger partial charge in [-0.15, -0.1) is 0 Å². The minimum absolute atomic E-state index is 0.440. The molecular formula is C11H16ClN3. The van der Waals surface area contributed by atoms with Crippen LogP contribution in [-0.2, 0) is 0 Å². The van der Waals surface area contributed by atoms with Crippen molar-refractivity contribution >= 4 is 17.6 Å². The average molecular weight is 226 g/mol. The first-order chi connectivity index (χ1) is 7.27. The van der Waals surface area contributed by atoms with E-state index in [4.69, 9.17) is 11.8 Å². The maximum atomic E-state index is 6.30. The van der Waals surface area contributed by atoms with Crippen molar-refractivity contribution < 1.29 is 0 Å². The minimum atomic E-state index is 0.440. The smallest absolute Gasteiger partial charge is 0.146 e. The Balaban J connectivity index is 2.08. The van der Waals surface area contributed by atoms with E-state index >= 15 is 0 Å². The number of hydrogen-bond donors (Lipinski definition) is 0. The molecular weight excluding hydrogens is 210 g/mol. The van der Waals surface area contributed by atoms with Crippen LogP contribution in [0.5, 0.6) is 0 Å². The summed E-state index contributed by atoms with van der Waals surface area (Å²) in [5.41, 5.74) is 0.960. The lowest BCUT2D eigenvalue weighted by Gasteiger charge is -2.29. The zero-order valence-electron chi connectivity index (χ0n) is 8.99. The quantitative estimate of drug-likeness (QED) is 0.725. The van der Waals surface area contributed by atoms with Gasteiger partial charge in [-0.2, -0.15) is 0 Å². The molecule has 0 radical (unpaired) electrons. The largest absolute Gasteiger partial charge is 0.266 e. The highest BCUT2D eigenvalue weighted by Gasteiger charge is 2.20. The number of nitrogens with zero attached hydrogens (tertiary/aromatic N) is 3. The normalized spacial score (nSPS) is 17.7. The van der Waals surface area contributed by atoms with Crippen molar-refractivity contribution in [3.63, 3.8) is 0 Å². The first kappa shape index (κ1) is 10.7. The van der Waals surface area contributed by atoms with Gasteiger partial charge in [0.15, 0.2) is 0 Å². The second-order valence-corrected chi connectivity index (χ2v) is 4.48. The fourth-order valence-electron chi connectivity index (χ4n) is 2.05. The number of halogens is 1. The van der Waals surface area contributed by atoms with Crippen molar-refractivity contribution in [2.45, 2.75) is 45.1 Å². The molecule has 1 heterocycles. The molecule has 1 aromatic rings. The summed E-state index contributed by atoms with van der Waals surface area (Å²) < 4.78 is 1.79. The highest BCUT2D eigenvalue weighted by atomic mass is 35.5. The average Bonchev–Trinajstić information content (AvgIpc) is 2.29. The van der Waals surface area contributed by atoms with Gasteiger partial charge in [-0.05, 0) is 19.8 Å². The van der Waals surface area contributed by atoms with Crippen LogP contribution in [0.2, 0.25) is 0 Å². The van der Waals surface area contributed by atoms with Gasteiger partial charge in [0, 0.05) is 29.6 Å². The zero-order valence-corrected chi connectivity index (χ0v) is 9.74. The van der Waals surface area contributed by atoms with Gasteiger partial charge in [0.25, 0.3) is 0 Å². The maximum absolute atomic E-state index is 6.30. The molecule has 4 heteroatoms. The second-order valence-electron chi connectivity index (χ2n) is 4.12. The van der Waals surface area contributed by atoms with Gasteiger partial charge >= 0.3 is 0 Å². The Morgan fingerprint density at radius 2 is 2.00 bits per heavy atom. The molecule has 0 bridgehead atoms. The molecule has 1 fully saturated rings. The van der Waals surface area contributed by atoms with Gasteiger partial charge < -0.3 is 0 Å². The highest BCUT2D eigenvalue weighted by Crippen LogP contribution is 2.27. The van der Waals surface area contributed by atoms with Gasteiger partial charge in [-0.25, -0.2) is 9.97 Å². The molecule has 0 spiro atoms. The highest BCUT2D eigenvalue weighted by molar-refractivity contribution is 6.25. The van der Waals surface area contributed by atoms with E-state index in [1.165, 1.54) is 32.1 Å². The topological polar surface area (TPSA) is 29.0 Å². The summed E-state index contributed by atoms with van der Waals surface area (Å²) in [5, 5.41) is 0. The van der Waals surface area contributed by atoms with Crippen LogP contribution in [0.4, 0.5) is 5.82 Å². The number of rotatable bonds is 2. The molecule has 1 aliphatic carbocycles. The van der Waals surface area contributed by atoms with Gasteiger partial charge in [0.1, 0.15) is 12.1 Å². The molecule has 3 nitrogen and oxygen atoms in total. The number of hydrogen-bond acceptors (Lipinski definition) is 3. The number of aryl methyl sites for hydroxylation is 1. The molecule has 0 atom stereocenters. The standard InChI is InChI=1S/C11H16ClN3/c1-9-7-11(14-8-13-9)15(12)10-5-3-2-4-6-10/h7-8,10H,2-6H2,1H3. The second kappa shape index (κ2) is 4.79. The van der Waals surface area contributed by atoms with Crippen LogP contribution in [-0.4, -0.2) is 16.0 Å². The third-order valence-corrected chi connectivity index (χ3v) is 3.35. The number of anilines is 1. The van der Waals surface area contributed by atoms with E-state index < -0.39 is 0 Å². The van der Waals surface area contributed by atoms with Crippen LogP contribution in [0.3, 0.4) is 0 Å². The number of aromatic nitrogens is 2. The Hall–Kier alpha value is -0.830. The molecule has 1 aliphatic rings. The summed E-state index contributed by atoms with van der Waals surface area (Å²) in [4.78, 5) is 8.27. The van der Waals surface area contributed by atoms with E-state index in [2.05, 4.69) is 9.97 Å². The summed E-state index contributed by atoms with van der Waals surface area (Å²) >= 11 is 6.30. The summed E-state index contributed by atoms with van der Waals surface area (Å²) in [6.45, 7) is 1.96. The molecule has 2 rings (SSSR count). The van der Waals surface area contributed by atoms with E-state index in [9.17, 15) is 0 Å². The Morgan fingerprint density at radius 1 is 1.27 bits per heavy atom. The lowest BCUT2D eigenvalue weighted by molar-refractivity contribution is 0.443. The Bertz CT molecular complexity index is 323. The molecule has 0 unspecified atom stereocenters. The molecule has 0 aromatic carbocycles. The van der Waals surface area contributed by atoms with Crippen molar-refractivity contribution in [3.8, 4) is 0 Å². The van der Waals surface area contributed by atoms with Crippen molar-refractivity contribution in [1.82, 2.24) is 9.97 Å². The van der Waals surface area contributed by atoms with Crippen LogP contribution in [0.15, 0.2) is 12.4 Å². The third kappa shape index (κ3) is 2.59. The van der Waals surface area contributed by atoms with Gasteiger partial charge in [-0.1, -0.05) is 19.3 Å². The van der Waals surface area contributed by atoms with Crippen LogP contribution >= 0.6 is 11.8 Å². The molecule has 82 valence electrons. The molecule has 0 aliphatic heterocycles. The lowest BCUT2D eigenvalue weighted by atomic mass is 9.95. The van der Waals surface area contributed by atoms with Crippen molar-refractivity contribution in [3.05, 3.63) is 18.1 Å². The summed E-state index contributed by atoms with van der Waals surface area (Å²) in [7, 11) is 0. The van der Waals surface area contributed by atoms with E-state index in [1.54, 1.807) is 10.7 Å². The van der Waals surface area contributed by atoms with Crippen LogP contribution in [0, 0.1) is 6.92 Å². The monoisotopic (exact) mass is 225 g/mol. The summed E-state index contributed by atoms with van der Waals surface area (Å²) in [6.07, 6.45) is 7.81. The van der Waals surface area contributed by atoms with E-state index in [0.717, 1.165) is 11.5 Å². The maximum Gasteiger partial charge on any atom is 0.146 e. The van der Waals surface area contributed by atoms with E-state index in [-0.39, 0.29) is 0 Å². The van der Waals surface area contributed by atoms with Crippen LogP contribution in [0.25, 0.3) is 0 Å². The fraction of sp³-hybridized carbons (Fsp3) is 0.636. The summed E-state index contributed by atoms with van der Waals surface area (Å²) in [5.74, 6) is 0.830. The van der Waals surface area contributed by atoms with Crippen LogP contribution < -0.4 is 4.42 Å². The Kier molecular flexibility index (Phi) is 3.41. The minimum Gasteiger partial charge on any atom is -0.266 e. The van der Waals surface area contributed by atoms with E-state index in [0.29, 0.717) is 6.04 Å². The molecule has 1 aromatic heterocycles. The first-order valence-corrected chi connectivity index (χ1v) is 5.85. The third-order valence-electron chi connectivity index (χ3n) is 2.90. The van der Waals surface area contributed by atoms with Gasteiger partial charge in [0.2, 0.25) is 0 Å². The zero-order chi connectivity index (χ0) is 10.7. The molecule has 1 saturated carbocycles. The molecule has 15 heavy (non-hydrogen) atoms. The van der Waals surface area contributed by atoms with Gasteiger partial charge in [0.05, 0.1) is 0 Å². The molecule has 0 saturated heterocycles.